The summed E-state index contributed by atoms with van der Waals surface area (Å²) in [4.78, 5) is 0. The van der Waals surface area contributed by atoms with E-state index in [4.69, 9.17) is 4.74 Å². The number of fused-ring (bicyclic) bond motifs is 2. The Bertz CT molecular complexity index is 505. The van der Waals surface area contributed by atoms with Crippen molar-refractivity contribution < 1.29 is 4.74 Å². The van der Waals surface area contributed by atoms with E-state index in [1.807, 2.05) is 6.07 Å². The molecule has 0 spiro atoms. The smallest absolute Gasteiger partial charge is 0.119 e. The number of ether oxygens (including phenoxy) is 1. The van der Waals surface area contributed by atoms with E-state index in [9.17, 15) is 0 Å². The minimum atomic E-state index is 0.427. The van der Waals surface area contributed by atoms with Gasteiger partial charge >= 0.3 is 0 Å². The van der Waals surface area contributed by atoms with E-state index in [-0.39, 0.29) is 0 Å². The topological polar surface area (TPSA) is 21.3 Å². The van der Waals surface area contributed by atoms with Crippen LogP contribution < -0.4 is 10.1 Å². The highest BCUT2D eigenvalue weighted by atomic mass is 16.5. The fraction of sp³-hybridized carbons (Fsp3) is 0.684. The van der Waals surface area contributed by atoms with Gasteiger partial charge in [0, 0.05) is 12.6 Å². The molecule has 0 aliphatic heterocycles. The first-order valence-corrected chi connectivity index (χ1v) is 8.35. The van der Waals surface area contributed by atoms with Gasteiger partial charge in [0.2, 0.25) is 0 Å². The van der Waals surface area contributed by atoms with Crippen LogP contribution in [0.3, 0.4) is 0 Å². The molecule has 0 saturated heterocycles. The van der Waals surface area contributed by atoms with Crippen molar-refractivity contribution in [2.45, 2.75) is 53.0 Å². The van der Waals surface area contributed by atoms with Crippen molar-refractivity contribution in [1.82, 2.24) is 5.32 Å². The van der Waals surface area contributed by atoms with Crippen molar-refractivity contribution in [3.8, 4) is 5.75 Å². The standard InChI is InChI=1S/C19H29NO/c1-14-6-5-7-16(12-14)21-11-10-20-17-18(2,3)15-8-9-19(17,4)13-15/h5-7,12,15,17,20H,8-11,13H2,1-4H3/t15-,17?,19+/m0/s1. The molecule has 3 rings (SSSR count). The van der Waals surface area contributed by atoms with E-state index in [2.05, 4.69) is 51.2 Å². The Hall–Kier alpha value is -1.02. The molecule has 2 heteroatoms. The number of aryl methyl sites for hydroxylation is 1. The number of hydrogen-bond donors (Lipinski definition) is 1. The van der Waals surface area contributed by atoms with Gasteiger partial charge in [-0.1, -0.05) is 32.9 Å². The summed E-state index contributed by atoms with van der Waals surface area (Å²) in [6.45, 7) is 11.1. The van der Waals surface area contributed by atoms with Crippen molar-refractivity contribution in [2.24, 2.45) is 16.7 Å². The summed E-state index contributed by atoms with van der Waals surface area (Å²) < 4.78 is 5.87. The van der Waals surface area contributed by atoms with Crippen LogP contribution in [0.5, 0.6) is 5.75 Å². The van der Waals surface area contributed by atoms with Crippen LogP contribution in [0.2, 0.25) is 0 Å². The molecule has 21 heavy (non-hydrogen) atoms. The van der Waals surface area contributed by atoms with Crippen molar-refractivity contribution >= 4 is 0 Å². The van der Waals surface area contributed by atoms with Gasteiger partial charge in [-0.3, -0.25) is 0 Å². The Morgan fingerprint density at radius 1 is 1.29 bits per heavy atom. The second kappa shape index (κ2) is 5.31. The van der Waals surface area contributed by atoms with E-state index in [1.165, 1.54) is 24.8 Å². The number of benzene rings is 1. The second-order valence-corrected chi connectivity index (χ2v) is 7.97. The Morgan fingerprint density at radius 2 is 2.10 bits per heavy atom. The largest absolute Gasteiger partial charge is 0.492 e. The molecule has 2 bridgehead atoms. The Labute approximate surface area is 129 Å². The van der Waals surface area contributed by atoms with Gasteiger partial charge in [0.1, 0.15) is 12.4 Å². The minimum Gasteiger partial charge on any atom is -0.492 e. The molecule has 2 nitrogen and oxygen atoms in total. The molecular weight excluding hydrogens is 258 g/mol. The Morgan fingerprint density at radius 3 is 2.76 bits per heavy atom. The summed E-state index contributed by atoms with van der Waals surface area (Å²) in [5, 5.41) is 3.80. The molecule has 1 aromatic carbocycles. The molecule has 1 N–H and O–H groups in total. The van der Waals surface area contributed by atoms with Crippen molar-refractivity contribution in [2.75, 3.05) is 13.2 Å². The van der Waals surface area contributed by atoms with Gasteiger partial charge in [0.05, 0.1) is 0 Å². The van der Waals surface area contributed by atoms with Crippen LogP contribution in [0.4, 0.5) is 0 Å². The highest BCUT2D eigenvalue weighted by Crippen LogP contribution is 2.62. The lowest BCUT2D eigenvalue weighted by atomic mass is 9.68. The molecule has 116 valence electrons. The van der Waals surface area contributed by atoms with Crippen LogP contribution in [0.15, 0.2) is 24.3 Å². The summed E-state index contributed by atoms with van der Waals surface area (Å²) in [5.74, 6) is 1.88. The third kappa shape index (κ3) is 2.70. The number of nitrogens with one attached hydrogen (secondary N) is 1. The van der Waals surface area contributed by atoms with Crippen LogP contribution in [-0.2, 0) is 0 Å². The van der Waals surface area contributed by atoms with E-state index in [1.54, 1.807) is 0 Å². The molecule has 0 amide bonds. The number of rotatable bonds is 5. The van der Waals surface area contributed by atoms with Gasteiger partial charge in [-0.05, 0) is 60.6 Å². The SMILES string of the molecule is Cc1cccc(OCCNC2C(C)(C)[C@H]3CC[C@]2(C)C3)c1. The van der Waals surface area contributed by atoms with Crippen molar-refractivity contribution in [3.63, 3.8) is 0 Å². The molecule has 0 heterocycles. The maximum atomic E-state index is 5.87. The lowest BCUT2D eigenvalue weighted by molar-refractivity contribution is 0.105. The third-order valence-electron chi connectivity index (χ3n) is 5.98. The van der Waals surface area contributed by atoms with E-state index in [0.29, 0.717) is 16.9 Å². The maximum absolute atomic E-state index is 5.87. The predicted octanol–water partition coefficient (Wildman–Crippen LogP) is 4.18. The van der Waals surface area contributed by atoms with Crippen molar-refractivity contribution in [3.05, 3.63) is 29.8 Å². The van der Waals surface area contributed by atoms with Crippen LogP contribution in [0.25, 0.3) is 0 Å². The van der Waals surface area contributed by atoms with E-state index >= 15 is 0 Å². The molecule has 0 aromatic heterocycles. The molecule has 2 saturated carbocycles. The minimum absolute atomic E-state index is 0.427. The molecule has 3 atom stereocenters. The summed E-state index contributed by atoms with van der Waals surface area (Å²) in [6, 6.07) is 8.92. The molecule has 2 fully saturated rings. The van der Waals surface area contributed by atoms with Crippen LogP contribution in [0, 0.1) is 23.7 Å². The summed E-state index contributed by atoms with van der Waals surface area (Å²) in [6.07, 6.45) is 4.20. The molecule has 2 aliphatic rings. The Kier molecular flexibility index (Phi) is 3.77. The molecule has 1 aromatic rings. The normalized spacial score (nSPS) is 33.3. The maximum Gasteiger partial charge on any atom is 0.119 e. The highest BCUT2D eigenvalue weighted by molar-refractivity contribution is 5.27. The summed E-state index contributed by atoms with van der Waals surface area (Å²) in [5.41, 5.74) is 2.18. The highest BCUT2D eigenvalue weighted by Gasteiger charge is 2.58. The molecule has 1 unspecified atom stereocenters. The third-order valence-corrected chi connectivity index (χ3v) is 5.98. The second-order valence-electron chi connectivity index (χ2n) is 7.97. The monoisotopic (exact) mass is 287 g/mol. The van der Waals surface area contributed by atoms with Gasteiger partial charge in [0.15, 0.2) is 0 Å². The van der Waals surface area contributed by atoms with Gasteiger partial charge in [-0.15, -0.1) is 0 Å². The zero-order valence-electron chi connectivity index (χ0n) is 13.9. The summed E-state index contributed by atoms with van der Waals surface area (Å²) >= 11 is 0. The zero-order valence-corrected chi connectivity index (χ0v) is 13.9. The van der Waals surface area contributed by atoms with Gasteiger partial charge < -0.3 is 10.1 Å². The average molecular weight is 287 g/mol. The fourth-order valence-electron chi connectivity index (χ4n) is 4.89. The molecule has 2 aliphatic carbocycles. The lowest BCUT2D eigenvalue weighted by Crippen LogP contribution is -2.51. The fourth-order valence-corrected chi connectivity index (χ4v) is 4.89. The first-order chi connectivity index (χ1) is 9.92. The first kappa shape index (κ1) is 14.9. The van der Waals surface area contributed by atoms with Crippen LogP contribution in [0.1, 0.15) is 45.6 Å². The Balaban J connectivity index is 1.52. The quantitative estimate of drug-likeness (QED) is 0.820. The first-order valence-electron chi connectivity index (χ1n) is 8.35. The average Bonchev–Trinajstić information content (AvgIpc) is 2.89. The lowest BCUT2D eigenvalue weighted by Gasteiger charge is -2.43. The summed E-state index contributed by atoms with van der Waals surface area (Å²) in [7, 11) is 0. The van der Waals surface area contributed by atoms with E-state index < -0.39 is 0 Å². The molecular formula is C19H29NO. The van der Waals surface area contributed by atoms with Crippen molar-refractivity contribution in [1.29, 1.82) is 0 Å². The van der Waals surface area contributed by atoms with Crippen LogP contribution in [-0.4, -0.2) is 19.2 Å². The van der Waals surface area contributed by atoms with Gasteiger partial charge in [-0.25, -0.2) is 0 Å². The number of hydrogen-bond acceptors (Lipinski definition) is 2. The van der Waals surface area contributed by atoms with E-state index in [0.717, 1.165) is 24.8 Å². The van der Waals surface area contributed by atoms with Gasteiger partial charge in [-0.2, -0.15) is 0 Å². The predicted molar refractivity (Wildman–Crippen MR) is 87.7 cm³/mol. The molecule has 0 radical (unpaired) electrons. The zero-order chi connectivity index (χ0) is 15.1. The van der Waals surface area contributed by atoms with Gasteiger partial charge in [0.25, 0.3) is 0 Å². The van der Waals surface area contributed by atoms with Crippen LogP contribution >= 0.6 is 0 Å².